The van der Waals surface area contributed by atoms with Crippen molar-refractivity contribution < 1.29 is 19.4 Å². The summed E-state index contributed by atoms with van der Waals surface area (Å²) in [5, 5.41) is 17.8. The Kier molecular flexibility index (Phi) is 3.19. The maximum absolute atomic E-state index is 13.2. The zero-order valence-corrected chi connectivity index (χ0v) is 7.70. The Balaban J connectivity index is 2.90. The van der Waals surface area contributed by atoms with Crippen molar-refractivity contribution in [2.45, 2.75) is 19.4 Å². The topological polar surface area (TPSA) is 57.5 Å². The summed E-state index contributed by atoms with van der Waals surface area (Å²) in [7, 11) is 0. The molecular formula is C10H11FO3. The fraction of sp³-hybridized carbons (Fsp3) is 0.300. The van der Waals surface area contributed by atoms with E-state index in [1.165, 1.54) is 12.1 Å². The molecule has 0 saturated carbocycles. The number of aliphatic carboxylic acids is 1. The highest BCUT2D eigenvalue weighted by Crippen LogP contribution is 2.20. The van der Waals surface area contributed by atoms with Crippen LogP contribution in [0.15, 0.2) is 18.2 Å². The number of benzene rings is 1. The lowest BCUT2D eigenvalue weighted by molar-refractivity contribution is -0.139. The number of halogens is 1. The smallest absolute Gasteiger partial charge is 0.306 e. The minimum absolute atomic E-state index is 0.0259. The molecule has 0 radical (unpaired) electrons. The number of aryl methyl sites for hydroxylation is 1. The largest absolute Gasteiger partial charge is 0.481 e. The quantitative estimate of drug-likeness (QED) is 0.776. The number of carboxylic acids is 1. The van der Waals surface area contributed by atoms with Crippen LogP contribution < -0.4 is 0 Å². The molecule has 0 saturated heterocycles. The lowest BCUT2D eigenvalue weighted by Gasteiger charge is -2.09. The number of hydrogen-bond donors (Lipinski definition) is 2. The molecular weight excluding hydrogens is 187 g/mol. The summed E-state index contributed by atoms with van der Waals surface area (Å²) in [6.45, 7) is 1.72. The Morgan fingerprint density at radius 2 is 2.21 bits per heavy atom. The first-order chi connectivity index (χ1) is 6.50. The van der Waals surface area contributed by atoms with Crippen molar-refractivity contribution in [3.05, 3.63) is 35.1 Å². The monoisotopic (exact) mass is 198 g/mol. The summed E-state index contributed by atoms with van der Waals surface area (Å²) in [5.41, 5.74) is 0.756. The van der Waals surface area contributed by atoms with Crippen LogP contribution in [0.2, 0.25) is 0 Å². The minimum atomic E-state index is -1.28. The number of rotatable bonds is 3. The molecule has 76 valence electrons. The first kappa shape index (κ1) is 10.7. The Hall–Kier alpha value is -1.42. The van der Waals surface area contributed by atoms with E-state index in [0.717, 1.165) is 5.56 Å². The van der Waals surface area contributed by atoms with Gasteiger partial charge in [0.15, 0.2) is 0 Å². The highest BCUT2D eigenvalue weighted by atomic mass is 19.1. The van der Waals surface area contributed by atoms with Crippen LogP contribution >= 0.6 is 0 Å². The summed E-state index contributed by atoms with van der Waals surface area (Å²) >= 11 is 0. The molecule has 0 amide bonds. The van der Waals surface area contributed by atoms with E-state index in [2.05, 4.69) is 0 Å². The van der Waals surface area contributed by atoms with Crippen molar-refractivity contribution >= 4 is 5.97 Å². The number of carboxylic acid groups (broad SMARTS) is 1. The predicted octanol–water partition coefficient (Wildman–Crippen LogP) is 1.64. The Bertz CT molecular complexity index is 349. The molecule has 0 aliphatic rings. The van der Waals surface area contributed by atoms with Gasteiger partial charge in [0.2, 0.25) is 0 Å². The molecule has 2 N–H and O–H groups in total. The zero-order chi connectivity index (χ0) is 10.7. The predicted molar refractivity (Wildman–Crippen MR) is 48.3 cm³/mol. The van der Waals surface area contributed by atoms with Gasteiger partial charge in [0.05, 0.1) is 12.5 Å². The molecule has 1 atom stereocenters. The molecule has 1 aromatic carbocycles. The zero-order valence-electron chi connectivity index (χ0n) is 7.70. The van der Waals surface area contributed by atoms with Gasteiger partial charge < -0.3 is 10.2 Å². The molecule has 0 aliphatic heterocycles. The van der Waals surface area contributed by atoms with Crippen LogP contribution in [-0.4, -0.2) is 16.2 Å². The van der Waals surface area contributed by atoms with Crippen molar-refractivity contribution in [1.82, 2.24) is 0 Å². The molecule has 0 fully saturated rings. The van der Waals surface area contributed by atoms with Crippen LogP contribution in [0.3, 0.4) is 0 Å². The van der Waals surface area contributed by atoms with Crippen LogP contribution in [0.25, 0.3) is 0 Å². The fourth-order valence-corrected chi connectivity index (χ4v) is 1.18. The van der Waals surface area contributed by atoms with E-state index < -0.39 is 24.3 Å². The summed E-state index contributed by atoms with van der Waals surface area (Å²) in [6.07, 6.45) is -1.77. The number of carbonyl (C=O) groups is 1. The lowest BCUT2D eigenvalue weighted by Crippen LogP contribution is -2.07. The van der Waals surface area contributed by atoms with Crippen molar-refractivity contribution in [3.63, 3.8) is 0 Å². The van der Waals surface area contributed by atoms with Gasteiger partial charge in [0.25, 0.3) is 0 Å². The van der Waals surface area contributed by atoms with Gasteiger partial charge in [-0.15, -0.1) is 0 Å². The van der Waals surface area contributed by atoms with Crippen molar-refractivity contribution in [3.8, 4) is 0 Å². The summed E-state index contributed by atoms with van der Waals surface area (Å²) in [6, 6.07) is 4.29. The summed E-state index contributed by atoms with van der Waals surface area (Å²) in [5.74, 6) is -1.73. The molecule has 4 heteroatoms. The minimum Gasteiger partial charge on any atom is -0.481 e. The Labute approximate surface area is 80.8 Å². The second-order valence-electron chi connectivity index (χ2n) is 3.14. The van der Waals surface area contributed by atoms with E-state index in [4.69, 9.17) is 5.11 Å². The lowest BCUT2D eigenvalue weighted by atomic mass is 10.0. The fourth-order valence-electron chi connectivity index (χ4n) is 1.18. The average Bonchev–Trinajstić information content (AvgIpc) is 2.01. The number of aliphatic hydroxyl groups excluding tert-OH is 1. The van der Waals surface area contributed by atoms with Crippen LogP contribution in [0, 0.1) is 12.7 Å². The molecule has 0 heterocycles. The van der Waals surface area contributed by atoms with Crippen LogP contribution in [0.5, 0.6) is 0 Å². The van der Waals surface area contributed by atoms with E-state index in [-0.39, 0.29) is 5.56 Å². The molecule has 0 aromatic heterocycles. The van der Waals surface area contributed by atoms with Gasteiger partial charge in [-0.05, 0) is 18.6 Å². The third kappa shape index (κ3) is 2.53. The van der Waals surface area contributed by atoms with Gasteiger partial charge in [-0.3, -0.25) is 4.79 Å². The molecule has 0 spiro atoms. The van der Waals surface area contributed by atoms with Crippen LogP contribution in [0.4, 0.5) is 4.39 Å². The third-order valence-electron chi connectivity index (χ3n) is 1.88. The average molecular weight is 198 g/mol. The highest BCUT2D eigenvalue weighted by Gasteiger charge is 2.15. The van der Waals surface area contributed by atoms with E-state index >= 15 is 0 Å². The highest BCUT2D eigenvalue weighted by molar-refractivity contribution is 5.67. The maximum atomic E-state index is 13.2. The van der Waals surface area contributed by atoms with Gasteiger partial charge in [0.1, 0.15) is 5.82 Å². The van der Waals surface area contributed by atoms with Crippen LogP contribution in [0.1, 0.15) is 23.7 Å². The van der Waals surface area contributed by atoms with E-state index in [1.54, 1.807) is 13.0 Å². The van der Waals surface area contributed by atoms with Gasteiger partial charge in [-0.25, -0.2) is 4.39 Å². The Morgan fingerprint density at radius 3 is 2.71 bits per heavy atom. The number of aliphatic hydroxyl groups is 1. The van der Waals surface area contributed by atoms with E-state index in [9.17, 15) is 14.3 Å². The molecule has 3 nitrogen and oxygen atoms in total. The van der Waals surface area contributed by atoms with Gasteiger partial charge in [-0.2, -0.15) is 0 Å². The van der Waals surface area contributed by atoms with Crippen molar-refractivity contribution in [2.24, 2.45) is 0 Å². The first-order valence-corrected chi connectivity index (χ1v) is 4.16. The normalized spacial score (nSPS) is 12.5. The van der Waals surface area contributed by atoms with Gasteiger partial charge in [0, 0.05) is 5.56 Å². The third-order valence-corrected chi connectivity index (χ3v) is 1.88. The molecule has 1 rings (SSSR count). The molecule has 0 unspecified atom stereocenters. The second kappa shape index (κ2) is 4.19. The second-order valence-corrected chi connectivity index (χ2v) is 3.14. The number of hydrogen-bond acceptors (Lipinski definition) is 2. The maximum Gasteiger partial charge on any atom is 0.306 e. The first-order valence-electron chi connectivity index (χ1n) is 4.16. The summed E-state index contributed by atoms with van der Waals surface area (Å²) < 4.78 is 13.2. The SMILES string of the molecule is Cc1ccc([C@H](O)CC(=O)O)c(F)c1. The van der Waals surface area contributed by atoms with Gasteiger partial charge >= 0.3 is 5.97 Å². The summed E-state index contributed by atoms with van der Waals surface area (Å²) in [4.78, 5) is 10.3. The van der Waals surface area contributed by atoms with Crippen LogP contribution in [-0.2, 0) is 4.79 Å². The van der Waals surface area contributed by atoms with Gasteiger partial charge in [-0.1, -0.05) is 12.1 Å². The molecule has 14 heavy (non-hydrogen) atoms. The molecule has 0 bridgehead atoms. The van der Waals surface area contributed by atoms with Crippen molar-refractivity contribution in [2.75, 3.05) is 0 Å². The van der Waals surface area contributed by atoms with E-state index in [1.807, 2.05) is 0 Å². The van der Waals surface area contributed by atoms with E-state index in [0.29, 0.717) is 0 Å². The standard InChI is InChI=1S/C10H11FO3/c1-6-2-3-7(8(11)4-6)9(12)5-10(13)14/h2-4,9,12H,5H2,1H3,(H,13,14)/t9-/m1/s1. The molecule has 1 aromatic rings. The molecule has 0 aliphatic carbocycles. The Morgan fingerprint density at radius 1 is 1.57 bits per heavy atom. The van der Waals surface area contributed by atoms with Crippen molar-refractivity contribution in [1.29, 1.82) is 0 Å².